The molecule has 1 saturated carbocycles. The summed E-state index contributed by atoms with van der Waals surface area (Å²) < 4.78 is 11.1. The number of hydrogen-bond donors (Lipinski definition) is 2. The van der Waals surface area contributed by atoms with Crippen molar-refractivity contribution in [2.75, 3.05) is 13.2 Å². The number of halogens is 1. The SMILES string of the molecule is NC(=O)c1cc(-c2ccc(C(=O)NC3CC3)c(Cl)c2)cc2c1OCCO2. The van der Waals surface area contributed by atoms with Crippen LogP contribution in [0.5, 0.6) is 11.5 Å². The number of nitrogens with one attached hydrogen (secondary N) is 1. The number of amides is 2. The maximum absolute atomic E-state index is 12.2. The molecule has 0 aromatic heterocycles. The molecule has 134 valence electrons. The monoisotopic (exact) mass is 372 g/mol. The molecule has 1 heterocycles. The minimum atomic E-state index is -0.597. The Morgan fingerprint density at radius 3 is 2.50 bits per heavy atom. The third kappa shape index (κ3) is 3.20. The lowest BCUT2D eigenvalue weighted by atomic mass is 9.99. The summed E-state index contributed by atoms with van der Waals surface area (Å²) in [4.78, 5) is 24.0. The summed E-state index contributed by atoms with van der Waals surface area (Å²) in [7, 11) is 0. The molecule has 0 spiro atoms. The lowest BCUT2D eigenvalue weighted by Crippen LogP contribution is -2.25. The van der Waals surface area contributed by atoms with Gasteiger partial charge in [0.2, 0.25) is 0 Å². The normalized spacial score (nSPS) is 15.4. The van der Waals surface area contributed by atoms with Crippen LogP contribution in [0.4, 0.5) is 0 Å². The van der Waals surface area contributed by atoms with Gasteiger partial charge in [-0.2, -0.15) is 0 Å². The number of carbonyl (C=O) groups excluding carboxylic acids is 2. The molecule has 26 heavy (non-hydrogen) atoms. The van der Waals surface area contributed by atoms with Crippen LogP contribution >= 0.6 is 11.6 Å². The minimum Gasteiger partial charge on any atom is -0.486 e. The zero-order valence-electron chi connectivity index (χ0n) is 13.9. The van der Waals surface area contributed by atoms with Crippen LogP contribution in [-0.2, 0) is 0 Å². The van der Waals surface area contributed by atoms with Crippen molar-refractivity contribution in [2.24, 2.45) is 5.73 Å². The predicted octanol–water partition coefficient (Wildman–Crippen LogP) is 2.77. The Bertz CT molecular complexity index is 909. The molecular weight excluding hydrogens is 356 g/mol. The average Bonchev–Trinajstić information content (AvgIpc) is 3.44. The van der Waals surface area contributed by atoms with Gasteiger partial charge in [-0.15, -0.1) is 0 Å². The van der Waals surface area contributed by atoms with Crippen LogP contribution in [0.15, 0.2) is 30.3 Å². The summed E-state index contributed by atoms with van der Waals surface area (Å²) >= 11 is 6.32. The van der Waals surface area contributed by atoms with Crippen LogP contribution in [0.1, 0.15) is 33.6 Å². The molecule has 2 aliphatic rings. The predicted molar refractivity (Wildman–Crippen MR) is 96.9 cm³/mol. The van der Waals surface area contributed by atoms with Gasteiger partial charge in [-0.25, -0.2) is 0 Å². The second-order valence-electron chi connectivity index (χ2n) is 6.35. The fraction of sp³-hybridized carbons (Fsp3) is 0.263. The van der Waals surface area contributed by atoms with E-state index in [2.05, 4.69) is 5.32 Å². The van der Waals surface area contributed by atoms with Gasteiger partial charge in [0.1, 0.15) is 13.2 Å². The summed E-state index contributed by atoms with van der Waals surface area (Å²) in [6.45, 7) is 0.763. The first-order valence-electron chi connectivity index (χ1n) is 8.37. The van der Waals surface area contributed by atoms with Gasteiger partial charge < -0.3 is 20.5 Å². The second kappa shape index (κ2) is 6.53. The van der Waals surface area contributed by atoms with E-state index in [1.54, 1.807) is 30.3 Å². The van der Waals surface area contributed by atoms with E-state index in [0.29, 0.717) is 40.9 Å². The van der Waals surface area contributed by atoms with Gasteiger partial charge in [-0.3, -0.25) is 9.59 Å². The molecule has 6 nitrogen and oxygen atoms in total. The topological polar surface area (TPSA) is 90.7 Å². The number of hydrogen-bond acceptors (Lipinski definition) is 4. The number of benzene rings is 2. The molecule has 2 amide bonds. The van der Waals surface area contributed by atoms with Gasteiger partial charge in [-0.05, 0) is 48.2 Å². The van der Waals surface area contributed by atoms with E-state index in [1.807, 2.05) is 0 Å². The fourth-order valence-corrected chi connectivity index (χ4v) is 3.14. The number of nitrogens with two attached hydrogens (primary N) is 1. The van der Waals surface area contributed by atoms with Crippen molar-refractivity contribution >= 4 is 23.4 Å². The quantitative estimate of drug-likeness (QED) is 0.863. The molecule has 4 rings (SSSR count). The highest BCUT2D eigenvalue weighted by Crippen LogP contribution is 2.39. The molecule has 0 unspecified atom stereocenters. The van der Waals surface area contributed by atoms with E-state index in [-0.39, 0.29) is 17.5 Å². The van der Waals surface area contributed by atoms with Gasteiger partial charge in [0.25, 0.3) is 11.8 Å². The van der Waals surface area contributed by atoms with Crippen molar-refractivity contribution in [3.8, 4) is 22.6 Å². The zero-order chi connectivity index (χ0) is 18.3. The van der Waals surface area contributed by atoms with Crippen LogP contribution in [-0.4, -0.2) is 31.1 Å². The number of rotatable bonds is 4. The van der Waals surface area contributed by atoms with Crippen molar-refractivity contribution in [1.29, 1.82) is 0 Å². The van der Waals surface area contributed by atoms with Crippen molar-refractivity contribution in [2.45, 2.75) is 18.9 Å². The Balaban J connectivity index is 1.71. The van der Waals surface area contributed by atoms with Crippen molar-refractivity contribution < 1.29 is 19.1 Å². The summed E-state index contributed by atoms with van der Waals surface area (Å²) in [6, 6.07) is 8.83. The van der Waals surface area contributed by atoms with Crippen molar-refractivity contribution in [3.63, 3.8) is 0 Å². The standard InChI is InChI=1S/C19H17ClN2O4/c20-15-8-10(1-4-13(15)19(24)22-12-2-3-12)11-7-14(18(21)23)17-16(9-11)25-5-6-26-17/h1,4,7-9,12H,2-3,5-6H2,(H2,21,23)(H,22,24). The van der Waals surface area contributed by atoms with Gasteiger partial charge in [0, 0.05) is 6.04 Å². The Kier molecular flexibility index (Phi) is 4.20. The lowest BCUT2D eigenvalue weighted by Gasteiger charge is -2.21. The maximum atomic E-state index is 12.2. The lowest BCUT2D eigenvalue weighted by molar-refractivity contribution is 0.0949. The van der Waals surface area contributed by atoms with Gasteiger partial charge in [-0.1, -0.05) is 17.7 Å². The third-order valence-electron chi connectivity index (χ3n) is 4.37. The summed E-state index contributed by atoms with van der Waals surface area (Å²) in [5.74, 6) is 0.0532. The molecule has 1 fully saturated rings. The summed E-state index contributed by atoms with van der Waals surface area (Å²) in [5.41, 5.74) is 7.61. The highest BCUT2D eigenvalue weighted by atomic mass is 35.5. The highest BCUT2D eigenvalue weighted by molar-refractivity contribution is 6.34. The van der Waals surface area contributed by atoms with Crippen LogP contribution in [0.3, 0.4) is 0 Å². The van der Waals surface area contributed by atoms with Gasteiger partial charge >= 0.3 is 0 Å². The Hall–Kier alpha value is -2.73. The molecule has 0 radical (unpaired) electrons. The second-order valence-corrected chi connectivity index (χ2v) is 6.76. The van der Waals surface area contributed by atoms with E-state index in [1.165, 1.54) is 0 Å². The van der Waals surface area contributed by atoms with E-state index < -0.39 is 5.91 Å². The summed E-state index contributed by atoms with van der Waals surface area (Å²) in [6.07, 6.45) is 2.02. The molecule has 0 atom stereocenters. The van der Waals surface area contributed by atoms with Crippen LogP contribution in [0.25, 0.3) is 11.1 Å². The van der Waals surface area contributed by atoms with E-state index >= 15 is 0 Å². The molecule has 1 aliphatic heterocycles. The molecule has 3 N–H and O–H groups in total. The Morgan fingerprint density at radius 1 is 1.04 bits per heavy atom. The number of carbonyl (C=O) groups is 2. The number of fused-ring (bicyclic) bond motifs is 1. The van der Waals surface area contributed by atoms with E-state index in [4.69, 9.17) is 26.8 Å². The first-order valence-corrected chi connectivity index (χ1v) is 8.75. The molecule has 1 aliphatic carbocycles. The molecule has 0 bridgehead atoms. The zero-order valence-corrected chi connectivity index (χ0v) is 14.6. The molecule has 7 heteroatoms. The van der Waals surface area contributed by atoms with Crippen molar-refractivity contribution in [1.82, 2.24) is 5.32 Å². The molecule has 0 saturated heterocycles. The van der Waals surface area contributed by atoms with E-state index in [9.17, 15) is 9.59 Å². The van der Waals surface area contributed by atoms with Crippen LogP contribution in [0.2, 0.25) is 5.02 Å². The Labute approximate surface area is 155 Å². The first kappa shape index (κ1) is 16.7. The third-order valence-corrected chi connectivity index (χ3v) is 4.68. The fourth-order valence-electron chi connectivity index (χ4n) is 2.87. The summed E-state index contributed by atoms with van der Waals surface area (Å²) in [5, 5.41) is 3.26. The Morgan fingerprint density at radius 2 is 1.81 bits per heavy atom. The minimum absolute atomic E-state index is 0.177. The van der Waals surface area contributed by atoms with Crippen molar-refractivity contribution in [3.05, 3.63) is 46.5 Å². The average molecular weight is 373 g/mol. The van der Waals surface area contributed by atoms with Gasteiger partial charge in [0.05, 0.1) is 16.1 Å². The first-order chi connectivity index (χ1) is 12.5. The van der Waals surface area contributed by atoms with Crippen LogP contribution in [0, 0.1) is 0 Å². The van der Waals surface area contributed by atoms with Crippen LogP contribution < -0.4 is 20.5 Å². The molecule has 2 aromatic carbocycles. The van der Waals surface area contributed by atoms with E-state index in [0.717, 1.165) is 18.4 Å². The smallest absolute Gasteiger partial charge is 0.253 e. The largest absolute Gasteiger partial charge is 0.486 e. The molecule has 2 aromatic rings. The maximum Gasteiger partial charge on any atom is 0.253 e. The number of ether oxygens (including phenoxy) is 2. The molecular formula is C19H17ClN2O4. The number of primary amides is 1. The highest BCUT2D eigenvalue weighted by Gasteiger charge is 2.25. The van der Waals surface area contributed by atoms with Gasteiger partial charge in [0.15, 0.2) is 11.5 Å².